The van der Waals surface area contributed by atoms with Crippen molar-refractivity contribution in [3.63, 3.8) is 0 Å². The summed E-state index contributed by atoms with van der Waals surface area (Å²) >= 11 is 0. The van der Waals surface area contributed by atoms with E-state index in [2.05, 4.69) is 15.0 Å². The van der Waals surface area contributed by atoms with Gasteiger partial charge in [-0.25, -0.2) is 9.97 Å². The van der Waals surface area contributed by atoms with E-state index in [0.29, 0.717) is 11.6 Å². The van der Waals surface area contributed by atoms with Crippen molar-refractivity contribution in [1.82, 2.24) is 15.0 Å². The molecule has 2 aromatic carbocycles. The minimum absolute atomic E-state index is 0.468. The molecule has 4 aromatic rings. The lowest BCUT2D eigenvalue weighted by atomic mass is 10.2. The molecule has 0 spiro atoms. The van der Waals surface area contributed by atoms with Gasteiger partial charge in [-0.2, -0.15) is 0 Å². The van der Waals surface area contributed by atoms with E-state index in [4.69, 9.17) is 10.5 Å². The highest BCUT2D eigenvalue weighted by Crippen LogP contribution is 2.26. The summed E-state index contributed by atoms with van der Waals surface area (Å²) in [7, 11) is 0. The molecule has 0 fully saturated rings. The minimum Gasteiger partial charge on any atom is -0.457 e. The lowest BCUT2D eigenvalue weighted by molar-refractivity contribution is 0.483. The molecule has 0 aliphatic heterocycles. The van der Waals surface area contributed by atoms with Crippen LogP contribution in [-0.2, 0) is 0 Å². The Morgan fingerprint density at radius 2 is 1.57 bits per heavy atom. The van der Waals surface area contributed by atoms with Crippen molar-refractivity contribution in [1.29, 1.82) is 0 Å². The Bertz CT molecular complexity index is 946. The van der Waals surface area contributed by atoms with Gasteiger partial charge in [0.15, 0.2) is 5.82 Å². The van der Waals surface area contributed by atoms with Crippen LogP contribution in [0, 0.1) is 0 Å². The van der Waals surface area contributed by atoms with Gasteiger partial charge < -0.3 is 15.5 Å². The van der Waals surface area contributed by atoms with Crippen molar-refractivity contribution >= 4 is 16.9 Å². The van der Waals surface area contributed by atoms with Crippen molar-refractivity contribution in [3.8, 4) is 22.9 Å². The van der Waals surface area contributed by atoms with Crippen LogP contribution in [0.5, 0.6) is 11.5 Å². The number of nitrogen functional groups attached to an aromatic ring is 1. The van der Waals surface area contributed by atoms with Gasteiger partial charge in [-0.15, -0.1) is 0 Å². The van der Waals surface area contributed by atoms with Crippen LogP contribution in [0.15, 0.2) is 66.9 Å². The Labute approximate surface area is 132 Å². The maximum atomic E-state index is 5.98. The molecule has 2 aromatic heterocycles. The number of H-pyrrole nitrogens is 1. The van der Waals surface area contributed by atoms with Gasteiger partial charge in [-0.3, -0.25) is 0 Å². The monoisotopic (exact) mass is 302 g/mol. The van der Waals surface area contributed by atoms with Crippen LogP contribution >= 0.6 is 0 Å². The van der Waals surface area contributed by atoms with Gasteiger partial charge in [0, 0.05) is 11.8 Å². The van der Waals surface area contributed by atoms with E-state index in [1.807, 2.05) is 60.7 Å². The van der Waals surface area contributed by atoms with Crippen LogP contribution in [0.3, 0.4) is 0 Å². The Morgan fingerprint density at radius 1 is 0.826 bits per heavy atom. The minimum atomic E-state index is 0.468. The van der Waals surface area contributed by atoms with Gasteiger partial charge in [-0.05, 0) is 42.5 Å². The number of para-hydroxylation sites is 1. The van der Waals surface area contributed by atoms with Gasteiger partial charge in [0.05, 0.1) is 5.39 Å². The number of nitrogens with two attached hydrogens (primary N) is 1. The molecule has 0 radical (unpaired) electrons. The predicted octanol–water partition coefficient (Wildman–Crippen LogP) is 4.00. The molecule has 0 bridgehead atoms. The summed E-state index contributed by atoms with van der Waals surface area (Å²) < 4.78 is 5.78. The number of benzene rings is 2. The Morgan fingerprint density at radius 3 is 2.35 bits per heavy atom. The zero-order valence-electron chi connectivity index (χ0n) is 12.2. The molecule has 0 unspecified atom stereocenters. The van der Waals surface area contributed by atoms with E-state index in [9.17, 15) is 0 Å². The molecule has 0 aliphatic carbocycles. The molecular formula is C18H14N4O. The number of aromatic amines is 1. The molecule has 2 heterocycles. The molecule has 112 valence electrons. The molecule has 0 atom stereocenters. The van der Waals surface area contributed by atoms with E-state index >= 15 is 0 Å². The number of aromatic nitrogens is 3. The van der Waals surface area contributed by atoms with Gasteiger partial charge in [0.1, 0.15) is 23.0 Å². The Balaban J connectivity index is 1.64. The van der Waals surface area contributed by atoms with Crippen LogP contribution in [-0.4, -0.2) is 15.0 Å². The van der Waals surface area contributed by atoms with Crippen molar-refractivity contribution < 1.29 is 4.74 Å². The number of rotatable bonds is 3. The summed E-state index contributed by atoms with van der Waals surface area (Å²) in [6.07, 6.45) is 1.80. The lowest BCUT2D eigenvalue weighted by Crippen LogP contribution is -1.96. The highest BCUT2D eigenvalue weighted by molar-refractivity contribution is 5.87. The third-order valence-electron chi connectivity index (χ3n) is 3.54. The summed E-state index contributed by atoms with van der Waals surface area (Å²) in [6, 6.07) is 19.1. The van der Waals surface area contributed by atoms with Crippen molar-refractivity contribution in [2.45, 2.75) is 0 Å². The first-order valence-electron chi connectivity index (χ1n) is 7.23. The first-order chi connectivity index (χ1) is 11.3. The number of hydrogen-bond acceptors (Lipinski definition) is 4. The molecule has 0 saturated heterocycles. The van der Waals surface area contributed by atoms with Crippen molar-refractivity contribution in [3.05, 3.63) is 66.9 Å². The second-order valence-corrected chi connectivity index (χ2v) is 5.11. The number of ether oxygens (including phenoxy) is 1. The standard InChI is InChI=1S/C18H14N4O/c19-16-15-10-11-20-18(15)22-17(21-16)12-6-8-14(9-7-12)23-13-4-2-1-3-5-13/h1-11H,(H3,19,20,21,22). The van der Waals surface area contributed by atoms with E-state index in [1.54, 1.807) is 6.20 Å². The zero-order valence-corrected chi connectivity index (χ0v) is 12.2. The second-order valence-electron chi connectivity index (χ2n) is 5.11. The van der Waals surface area contributed by atoms with Crippen molar-refractivity contribution in [2.24, 2.45) is 0 Å². The van der Waals surface area contributed by atoms with Gasteiger partial charge in [0.2, 0.25) is 0 Å². The van der Waals surface area contributed by atoms with Gasteiger partial charge in [-0.1, -0.05) is 18.2 Å². The number of anilines is 1. The van der Waals surface area contributed by atoms with Gasteiger partial charge >= 0.3 is 0 Å². The molecular weight excluding hydrogens is 288 g/mol. The summed E-state index contributed by atoms with van der Waals surface area (Å²) in [5.74, 6) is 2.61. The largest absolute Gasteiger partial charge is 0.457 e. The fraction of sp³-hybridized carbons (Fsp3) is 0. The fourth-order valence-electron chi connectivity index (χ4n) is 2.39. The third kappa shape index (κ3) is 2.60. The molecule has 5 nitrogen and oxygen atoms in total. The number of fused-ring (bicyclic) bond motifs is 1. The Kier molecular flexibility index (Phi) is 3.16. The molecule has 23 heavy (non-hydrogen) atoms. The average molecular weight is 302 g/mol. The molecule has 0 aliphatic rings. The summed E-state index contributed by atoms with van der Waals surface area (Å²) in [6.45, 7) is 0. The third-order valence-corrected chi connectivity index (χ3v) is 3.54. The Hall–Kier alpha value is -3.34. The number of nitrogens with one attached hydrogen (secondary N) is 1. The number of nitrogens with zero attached hydrogens (tertiary/aromatic N) is 2. The van der Waals surface area contributed by atoms with Crippen LogP contribution in [0.4, 0.5) is 5.82 Å². The zero-order chi connectivity index (χ0) is 15.6. The van der Waals surface area contributed by atoms with Gasteiger partial charge in [0.25, 0.3) is 0 Å². The maximum absolute atomic E-state index is 5.98. The summed E-state index contributed by atoms with van der Waals surface area (Å²) in [5.41, 5.74) is 7.59. The van der Waals surface area contributed by atoms with E-state index in [-0.39, 0.29) is 0 Å². The molecule has 4 rings (SSSR count). The van der Waals surface area contributed by atoms with E-state index in [1.165, 1.54) is 0 Å². The second kappa shape index (κ2) is 5.46. The van der Waals surface area contributed by atoms with Crippen LogP contribution in [0.1, 0.15) is 0 Å². The SMILES string of the molecule is Nc1nc(-c2ccc(Oc3ccccc3)cc2)nc2[nH]ccc12. The van der Waals surface area contributed by atoms with E-state index < -0.39 is 0 Å². The van der Waals surface area contributed by atoms with Crippen LogP contribution < -0.4 is 10.5 Å². The predicted molar refractivity (Wildman–Crippen MR) is 90.3 cm³/mol. The molecule has 5 heteroatoms. The average Bonchev–Trinajstić information content (AvgIpc) is 3.06. The topological polar surface area (TPSA) is 76.8 Å². The van der Waals surface area contributed by atoms with Crippen LogP contribution in [0.25, 0.3) is 22.4 Å². The lowest BCUT2D eigenvalue weighted by Gasteiger charge is -2.07. The molecule has 3 N–H and O–H groups in total. The molecule has 0 amide bonds. The maximum Gasteiger partial charge on any atom is 0.163 e. The van der Waals surface area contributed by atoms with E-state index in [0.717, 1.165) is 28.1 Å². The molecule has 0 saturated carbocycles. The summed E-state index contributed by atoms with van der Waals surface area (Å²) in [5, 5.41) is 0.831. The highest BCUT2D eigenvalue weighted by Gasteiger charge is 2.08. The smallest absolute Gasteiger partial charge is 0.163 e. The first kappa shape index (κ1) is 13.3. The van der Waals surface area contributed by atoms with Crippen molar-refractivity contribution in [2.75, 3.05) is 5.73 Å². The van der Waals surface area contributed by atoms with Crippen LogP contribution in [0.2, 0.25) is 0 Å². The normalized spacial score (nSPS) is 10.8. The first-order valence-corrected chi connectivity index (χ1v) is 7.23. The quantitative estimate of drug-likeness (QED) is 0.599. The number of hydrogen-bond donors (Lipinski definition) is 2. The highest BCUT2D eigenvalue weighted by atomic mass is 16.5. The fourth-order valence-corrected chi connectivity index (χ4v) is 2.39. The summed E-state index contributed by atoms with van der Waals surface area (Å²) in [4.78, 5) is 11.9.